The minimum atomic E-state index is -0.785. The third-order valence-corrected chi connectivity index (χ3v) is 5.28. The van der Waals surface area contributed by atoms with Crippen molar-refractivity contribution in [3.8, 4) is 0 Å². The van der Waals surface area contributed by atoms with Crippen LogP contribution in [0.5, 0.6) is 0 Å². The van der Waals surface area contributed by atoms with E-state index in [-0.39, 0.29) is 30.3 Å². The lowest BCUT2D eigenvalue weighted by atomic mass is 9.80. The molecule has 0 aliphatic carbocycles. The number of hydrogen-bond acceptors (Lipinski definition) is 5. The Labute approximate surface area is 148 Å². The second kappa shape index (κ2) is 7.04. The topological polar surface area (TPSA) is 67.9 Å². The molecular weight excluding hydrogens is 320 g/mol. The molecule has 1 amide bonds. The van der Waals surface area contributed by atoms with E-state index in [1.807, 2.05) is 44.2 Å². The Hall–Kier alpha value is -2.08. The number of nitrogens with zero attached hydrogens (tertiary/aromatic N) is 1. The molecule has 0 bridgehead atoms. The molecule has 1 N–H and O–H groups in total. The highest BCUT2D eigenvalue weighted by atomic mass is 16.6. The summed E-state index contributed by atoms with van der Waals surface area (Å²) in [6.07, 6.45) is 2.40. The standard InChI is InChI=1S/C19H26N2O4/c1-19(2,17(22)24-3)16(13-8-5-4-6-9-13)20-15-11-7-10-14-12-25-18(23)21(14)15/h4-6,8-9,14-16,20H,7,10-12H2,1-3H3/t14-,15-,16+/m0/s1. The van der Waals surface area contributed by atoms with Crippen molar-refractivity contribution in [2.45, 2.75) is 51.4 Å². The molecule has 0 unspecified atom stereocenters. The van der Waals surface area contributed by atoms with Crippen LogP contribution in [-0.2, 0) is 14.3 Å². The summed E-state index contributed by atoms with van der Waals surface area (Å²) in [4.78, 5) is 26.4. The maximum absolute atomic E-state index is 12.4. The van der Waals surface area contributed by atoms with Crippen LogP contribution in [0.1, 0.15) is 44.7 Å². The fraction of sp³-hybridized carbons (Fsp3) is 0.579. The number of benzene rings is 1. The maximum Gasteiger partial charge on any atom is 0.411 e. The van der Waals surface area contributed by atoms with E-state index < -0.39 is 5.41 Å². The van der Waals surface area contributed by atoms with Crippen LogP contribution in [0.2, 0.25) is 0 Å². The summed E-state index contributed by atoms with van der Waals surface area (Å²) >= 11 is 0. The van der Waals surface area contributed by atoms with Crippen LogP contribution in [-0.4, -0.2) is 42.9 Å². The molecule has 1 aromatic carbocycles. The van der Waals surface area contributed by atoms with Crippen molar-refractivity contribution in [2.75, 3.05) is 13.7 Å². The van der Waals surface area contributed by atoms with Gasteiger partial charge in [0.2, 0.25) is 0 Å². The quantitative estimate of drug-likeness (QED) is 0.831. The Kier molecular flexibility index (Phi) is 4.99. The summed E-state index contributed by atoms with van der Waals surface area (Å²) in [5.74, 6) is -0.287. The van der Waals surface area contributed by atoms with Crippen molar-refractivity contribution in [3.63, 3.8) is 0 Å². The number of piperidine rings is 1. The molecule has 25 heavy (non-hydrogen) atoms. The second-order valence-electron chi connectivity index (χ2n) is 7.31. The van der Waals surface area contributed by atoms with Crippen molar-refractivity contribution in [1.82, 2.24) is 10.2 Å². The van der Waals surface area contributed by atoms with Crippen molar-refractivity contribution in [3.05, 3.63) is 35.9 Å². The van der Waals surface area contributed by atoms with Gasteiger partial charge in [-0.05, 0) is 38.7 Å². The molecule has 2 aliphatic heterocycles. The van der Waals surface area contributed by atoms with Gasteiger partial charge in [0, 0.05) is 6.04 Å². The van der Waals surface area contributed by atoms with Crippen LogP contribution >= 0.6 is 0 Å². The number of carbonyl (C=O) groups is 2. The summed E-state index contributed by atoms with van der Waals surface area (Å²) in [5.41, 5.74) is 0.208. The third kappa shape index (κ3) is 3.35. The normalized spacial score (nSPS) is 24.4. The van der Waals surface area contributed by atoms with E-state index in [2.05, 4.69) is 5.32 Å². The fourth-order valence-electron chi connectivity index (χ4n) is 3.87. The highest BCUT2D eigenvalue weighted by Gasteiger charge is 2.45. The molecule has 0 radical (unpaired) electrons. The van der Waals surface area contributed by atoms with E-state index in [4.69, 9.17) is 9.47 Å². The number of amides is 1. The summed E-state index contributed by atoms with van der Waals surface area (Å²) in [7, 11) is 1.40. The summed E-state index contributed by atoms with van der Waals surface area (Å²) in [5, 5.41) is 3.55. The van der Waals surface area contributed by atoms with Gasteiger partial charge in [0.25, 0.3) is 0 Å². The largest absolute Gasteiger partial charge is 0.469 e. The van der Waals surface area contributed by atoms with E-state index in [9.17, 15) is 9.59 Å². The highest BCUT2D eigenvalue weighted by molar-refractivity contribution is 5.77. The molecule has 1 aromatic rings. The van der Waals surface area contributed by atoms with Crippen LogP contribution in [0.3, 0.4) is 0 Å². The van der Waals surface area contributed by atoms with E-state index >= 15 is 0 Å². The lowest BCUT2D eigenvalue weighted by Gasteiger charge is -2.41. The number of nitrogens with one attached hydrogen (secondary N) is 1. The number of fused-ring (bicyclic) bond motifs is 1. The van der Waals surface area contributed by atoms with Crippen molar-refractivity contribution in [1.29, 1.82) is 0 Å². The van der Waals surface area contributed by atoms with Crippen LogP contribution in [0.15, 0.2) is 30.3 Å². The van der Waals surface area contributed by atoms with Gasteiger partial charge in [0.15, 0.2) is 0 Å². The first-order valence-electron chi connectivity index (χ1n) is 8.79. The van der Waals surface area contributed by atoms with Gasteiger partial charge >= 0.3 is 12.1 Å². The lowest BCUT2D eigenvalue weighted by Crippen LogP contribution is -2.56. The van der Waals surface area contributed by atoms with Crippen LogP contribution in [0, 0.1) is 5.41 Å². The number of rotatable bonds is 5. The molecule has 2 heterocycles. The van der Waals surface area contributed by atoms with Gasteiger partial charge in [-0.25, -0.2) is 4.79 Å². The van der Waals surface area contributed by atoms with E-state index in [1.54, 1.807) is 4.90 Å². The van der Waals surface area contributed by atoms with Crippen molar-refractivity contribution in [2.24, 2.45) is 5.41 Å². The van der Waals surface area contributed by atoms with Gasteiger partial charge in [0.05, 0.1) is 24.7 Å². The smallest absolute Gasteiger partial charge is 0.411 e. The summed E-state index contributed by atoms with van der Waals surface area (Å²) < 4.78 is 10.3. The first kappa shape index (κ1) is 17.7. The number of cyclic esters (lactones) is 1. The Balaban J connectivity index is 1.90. The van der Waals surface area contributed by atoms with Gasteiger partial charge in [0.1, 0.15) is 6.61 Å². The number of esters is 1. The molecule has 3 rings (SSSR count). The first-order chi connectivity index (χ1) is 11.9. The molecule has 2 saturated heterocycles. The van der Waals surface area contributed by atoms with Gasteiger partial charge in [-0.15, -0.1) is 0 Å². The molecule has 2 fully saturated rings. The number of carbonyl (C=O) groups excluding carboxylic acids is 2. The SMILES string of the molecule is COC(=O)C(C)(C)[C@H](N[C@@H]1CCC[C@H]2COC(=O)N21)c1ccccc1. The van der Waals surface area contributed by atoms with Gasteiger partial charge < -0.3 is 9.47 Å². The summed E-state index contributed by atoms with van der Waals surface area (Å²) in [6.45, 7) is 4.19. The molecule has 6 nitrogen and oxygen atoms in total. The highest BCUT2D eigenvalue weighted by Crippen LogP contribution is 2.37. The van der Waals surface area contributed by atoms with Gasteiger partial charge in [-0.3, -0.25) is 15.0 Å². The molecule has 6 heteroatoms. The fourth-order valence-corrected chi connectivity index (χ4v) is 3.87. The first-order valence-corrected chi connectivity index (χ1v) is 8.79. The van der Waals surface area contributed by atoms with Gasteiger partial charge in [-0.2, -0.15) is 0 Å². The molecular formula is C19H26N2O4. The Bertz CT molecular complexity index is 632. The predicted octanol–water partition coefficient (Wildman–Crippen LogP) is 2.85. The summed E-state index contributed by atoms with van der Waals surface area (Å²) in [6, 6.07) is 9.67. The monoisotopic (exact) mass is 346 g/mol. The molecule has 2 aliphatic rings. The zero-order valence-electron chi connectivity index (χ0n) is 15.0. The minimum absolute atomic E-state index is 0.122. The molecule has 0 spiro atoms. The van der Waals surface area contributed by atoms with E-state index in [0.29, 0.717) is 6.61 Å². The predicted molar refractivity (Wildman–Crippen MR) is 92.7 cm³/mol. The van der Waals surface area contributed by atoms with E-state index in [0.717, 1.165) is 24.8 Å². The van der Waals surface area contributed by atoms with Crippen molar-refractivity contribution >= 4 is 12.1 Å². The zero-order valence-corrected chi connectivity index (χ0v) is 15.0. The average molecular weight is 346 g/mol. The van der Waals surface area contributed by atoms with E-state index in [1.165, 1.54) is 7.11 Å². The van der Waals surface area contributed by atoms with Crippen LogP contribution in [0.4, 0.5) is 4.79 Å². The molecule has 0 aromatic heterocycles. The van der Waals surface area contributed by atoms with Crippen LogP contribution in [0.25, 0.3) is 0 Å². The molecule has 136 valence electrons. The maximum atomic E-state index is 12.4. The number of methoxy groups -OCH3 is 1. The Morgan fingerprint density at radius 1 is 1.32 bits per heavy atom. The number of ether oxygens (including phenoxy) is 2. The second-order valence-corrected chi connectivity index (χ2v) is 7.31. The third-order valence-electron chi connectivity index (χ3n) is 5.28. The minimum Gasteiger partial charge on any atom is -0.469 e. The molecule has 0 saturated carbocycles. The van der Waals surface area contributed by atoms with Gasteiger partial charge in [-0.1, -0.05) is 30.3 Å². The number of hydrogen-bond donors (Lipinski definition) is 1. The van der Waals surface area contributed by atoms with Crippen LogP contribution < -0.4 is 5.32 Å². The zero-order chi connectivity index (χ0) is 18.0. The molecule has 3 atom stereocenters. The Morgan fingerprint density at radius 3 is 2.72 bits per heavy atom. The Morgan fingerprint density at radius 2 is 2.04 bits per heavy atom. The van der Waals surface area contributed by atoms with Crippen molar-refractivity contribution < 1.29 is 19.1 Å². The average Bonchev–Trinajstić information content (AvgIpc) is 3.01. The lowest BCUT2D eigenvalue weighted by molar-refractivity contribution is -0.153.